The Morgan fingerprint density at radius 3 is 2.41 bits per heavy atom. The van der Waals surface area contributed by atoms with Gasteiger partial charge < -0.3 is 10.2 Å². The third kappa shape index (κ3) is 3.95. The van der Waals surface area contributed by atoms with Crippen LogP contribution in [0.25, 0.3) is 0 Å². The Hall–Kier alpha value is -2.62. The van der Waals surface area contributed by atoms with Gasteiger partial charge >= 0.3 is 11.8 Å². The highest BCUT2D eigenvalue weighted by atomic mass is 16.2. The summed E-state index contributed by atoms with van der Waals surface area (Å²) in [5, 5.41) is 2.68. The minimum Gasteiger partial charge on any atom is -0.344 e. The first-order chi connectivity index (χ1) is 10.6. The van der Waals surface area contributed by atoms with Gasteiger partial charge in [0.15, 0.2) is 0 Å². The van der Waals surface area contributed by atoms with E-state index in [1.54, 1.807) is 0 Å². The normalized spacial score (nSPS) is 10.1. The Kier molecular flexibility index (Phi) is 5.31. The van der Waals surface area contributed by atoms with E-state index < -0.39 is 11.8 Å². The van der Waals surface area contributed by atoms with E-state index in [9.17, 15) is 9.59 Å². The average Bonchev–Trinajstić information content (AvgIpc) is 2.54. The van der Waals surface area contributed by atoms with Crippen molar-refractivity contribution in [3.8, 4) is 0 Å². The first-order valence-corrected chi connectivity index (χ1v) is 7.32. The van der Waals surface area contributed by atoms with Crippen LogP contribution >= 0.6 is 0 Å². The Labute approximate surface area is 130 Å². The maximum atomic E-state index is 12.3. The molecule has 0 spiro atoms. The maximum absolute atomic E-state index is 12.3. The van der Waals surface area contributed by atoms with Crippen LogP contribution in [0.2, 0.25) is 0 Å². The average molecular weight is 296 g/mol. The molecule has 0 saturated heterocycles. The van der Waals surface area contributed by atoms with Gasteiger partial charge in [-0.1, -0.05) is 48.0 Å². The van der Waals surface area contributed by atoms with Crippen LogP contribution in [0.1, 0.15) is 18.1 Å². The number of nitrogens with one attached hydrogen (secondary N) is 1. The Morgan fingerprint density at radius 1 is 1.05 bits per heavy atom. The minimum absolute atomic E-state index is 0.346. The molecule has 2 amide bonds. The third-order valence-corrected chi connectivity index (χ3v) is 3.36. The molecule has 4 heteroatoms. The summed E-state index contributed by atoms with van der Waals surface area (Å²) in [5.74, 6) is -1.13. The number of likely N-dealkylation sites (N-methyl/N-ethyl adjacent to an activating group) is 1. The van der Waals surface area contributed by atoms with Gasteiger partial charge in [0.2, 0.25) is 0 Å². The summed E-state index contributed by atoms with van der Waals surface area (Å²) in [6.07, 6.45) is 0. The third-order valence-electron chi connectivity index (χ3n) is 3.36. The predicted molar refractivity (Wildman–Crippen MR) is 87.5 cm³/mol. The van der Waals surface area contributed by atoms with Crippen LogP contribution in [-0.2, 0) is 16.1 Å². The first kappa shape index (κ1) is 15.8. The van der Waals surface area contributed by atoms with Crippen molar-refractivity contribution in [2.75, 3.05) is 11.4 Å². The summed E-state index contributed by atoms with van der Waals surface area (Å²) < 4.78 is 0. The fraction of sp³-hybridized carbons (Fsp3) is 0.222. The van der Waals surface area contributed by atoms with Crippen LogP contribution < -0.4 is 10.2 Å². The van der Waals surface area contributed by atoms with Crippen LogP contribution in [0.4, 0.5) is 5.69 Å². The topological polar surface area (TPSA) is 49.4 Å². The van der Waals surface area contributed by atoms with Crippen molar-refractivity contribution in [1.82, 2.24) is 5.32 Å². The second-order valence-corrected chi connectivity index (χ2v) is 5.06. The van der Waals surface area contributed by atoms with Gasteiger partial charge in [-0.3, -0.25) is 9.59 Å². The van der Waals surface area contributed by atoms with Crippen molar-refractivity contribution in [1.29, 1.82) is 0 Å². The highest BCUT2D eigenvalue weighted by Crippen LogP contribution is 2.13. The molecular formula is C18H20N2O2. The monoisotopic (exact) mass is 296 g/mol. The number of anilines is 1. The van der Waals surface area contributed by atoms with E-state index in [2.05, 4.69) is 5.32 Å². The number of nitrogens with zero attached hydrogens (tertiary/aromatic N) is 1. The lowest BCUT2D eigenvalue weighted by atomic mass is 10.1. The van der Waals surface area contributed by atoms with Gasteiger partial charge in [-0.25, -0.2) is 0 Å². The lowest BCUT2D eigenvalue weighted by Crippen LogP contribution is -2.42. The number of hydrogen-bond acceptors (Lipinski definition) is 2. The zero-order valence-corrected chi connectivity index (χ0v) is 12.9. The van der Waals surface area contributed by atoms with Crippen LogP contribution in [0.5, 0.6) is 0 Å². The number of carbonyl (C=O) groups is 2. The number of carbonyl (C=O) groups excluding carboxylic acids is 2. The predicted octanol–water partition coefficient (Wildman–Crippen LogP) is 2.66. The molecule has 0 aliphatic rings. The highest BCUT2D eigenvalue weighted by Gasteiger charge is 2.21. The van der Waals surface area contributed by atoms with Gasteiger partial charge in [0.1, 0.15) is 0 Å². The molecule has 114 valence electrons. The van der Waals surface area contributed by atoms with Gasteiger partial charge in [0.25, 0.3) is 0 Å². The standard InChI is InChI=1S/C18H20N2O2/c1-3-20(16-10-5-4-6-11-16)18(22)17(21)19-13-15-9-7-8-14(2)12-15/h4-12H,3,13H2,1-2H3,(H,19,21). The van der Waals surface area contributed by atoms with Crippen molar-refractivity contribution in [3.63, 3.8) is 0 Å². The molecule has 0 atom stereocenters. The van der Waals surface area contributed by atoms with Crippen LogP contribution in [0.15, 0.2) is 54.6 Å². The highest BCUT2D eigenvalue weighted by molar-refractivity contribution is 6.40. The van der Waals surface area contributed by atoms with Crippen molar-refractivity contribution in [2.45, 2.75) is 20.4 Å². The summed E-state index contributed by atoms with van der Waals surface area (Å²) in [6.45, 7) is 4.63. The molecule has 1 N–H and O–H groups in total. The van der Waals surface area contributed by atoms with Crippen LogP contribution in [-0.4, -0.2) is 18.4 Å². The quantitative estimate of drug-likeness (QED) is 0.882. The smallest absolute Gasteiger partial charge is 0.316 e. The molecule has 2 aromatic rings. The Morgan fingerprint density at radius 2 is 1.77 bits per heavy atom. The summed E-state index contributed by atoms with van der Waals surface area (Å²) in [4.78, 5) is 25.8. The molecule has 0 saturated carbocycles. The number of rotatable bonds is 4. The van der Waals surface area contributed by atoms with Crippen LogP contribution in [0, 0.1) is 6.92 Å². The number of para-hydroxylation sites is 1. The molecule has 2 aromatic carbocycles. The van der Waals surface area contributed by atoms with Crippen molar-refractivity contribution >= 4 is 17.5 Å². The molecular weight excluding hydrogens is 276 g/mol. The van der Waals surface area contributed by atoms with E-state index in [1.165, 1.54) is 4.90 Å². The lowest BCUT2D eigenvalue weighted by Gasteiger charge is -2.20. The minimum atomic E-state index is -0.591. The summed E-state index contributed by atoms with van der Waals surface area (Å²) in [6, 6.07) is 17.0. The molecule has 0 fully saturated rings. The molecule has 0 bridgehead atoms. The molecule has 2 rings (SSSR count). The largest absolute Gasteiger partial charge is 0.344 e. The van der Waals surface area contributed by atoms with Gasteiger partial charge in [-0.2, -0.15) is 0 Å². The first-order valence-electron chi connectivity index (χ1n) is 7.32. The van der Waals surface area contributed by atoms with Gasteiger partial charge in [-0.05, 0) is 31.5 Å². The molecule has 22 heavy (non-hydrogen) atoms. The molecule has 0 aromatic heterocycles. The van der Waals surface area contributed by atoms with E-state index in [1.807, 2.05) is 68.4 Å². The molecule has 4 nitrogen and oxygen atoms in total. The Balaban J connectivity index is 2.00. The summed E-state index contributed by atoms with van der Waals surface area (Å²) in [5.41, 5.74) is 2.82. The maximum Gasteiger partial charge on any atom is 0.316 e. The molecule has 0 radical (unpaired) electrons. The lowest BCUT2D eigenvalue weighted by molar-refractivity contribution is -0.137. The number of hydrogen-bond donors (Lipinski definition) is 1. The van der Waals surface area contributed by atoms with Gasteiger partial charge in [0.05, 0.1) is 0 Å². The number of benzene rings is 2. The second kappa shape index (κ2) is 7.41. The van der Waals surface area contributed by atoms with E-state index >= 15 is 0 Å². The number of aryl methyl sites for hydroxylation is 1. The Bertz CT molecular complexity index is 653. The SMILES string of the molecule is CCN(C(=O)C(=O)NCc1cccc(C)c1)c1ccccc1. The van der Waals surface area contributed by atoms with Gasteiger partial charge in [-0.15, -0.1) is 0 Å². The summed E-state index contributed by atoms with van der Waals surface area (Å²) in [7, 11) is 0. The van der Waals surface area contributed by atoms with E-state index in [4.69, 9.17) is 0 Å². The van der Waals surface area contributed by atoms with E-state index in [0.717, 1.165) is 16.8 Å². The van der Waals surface area contributed by atoms with Crippen LogP contribution in [0.3, 0.4) is 0 Å². The summed E-state index contributed by atoms with van der Waals surface area (Å²) >= 11 is 0. The van der Waals surface area contributed by atoms with E-state index in [0.29, 0.717) is 13.1 Å². The zero-order chi connectivity index (χ0) is 15.9. The fourth-order valence-corrected chi connectivity index (χ4v) is 2.25. The molecule has 0 aliphatic carbocycles. The van der Waals surface area contributed by atoms with Gasteiger partial charge in [0, 0.05) is 18.8 Å². The number of amides is 2. The van der Waals surface area contributed by atoms with Crippen molar-refractivity contribution < 1.29 is 9.59 Å². The molecule has 0 heterocycles. The molecule has 0 unspecified atom stereocenters. The van der Waals surface area contributed by atoms with Crippen molar-refractivity contribution in [2.24, 2.45) is 0 Å². The molecule has 0 aliphatic heterocycles. The fourth-order valence-electron chi connectivity index (χ4n) is 2.25. The second-order valence-electron chi connectivity index (χ2n) is 5.06. The zero-order valence-electron chi connectivity index (χ0n) is 12.9. The van der Waals surface area contributed by atoms with E-state index in [-0.39, 0.29) is 0 Å². The van der Waals surface area contributed by atoms with Crippen molar-refractivity contribution in [3.05, 3.63) is 65.7 Å².